The molecule has 1 aliphatic carbocycles. The number of hydrogen-bond donors (Lipinski definition) is 3. The number of halogens is 3. The van der Waals surface area contributed by atoms with E-state index in [-0.39, 0.29) is 25.0 Å². The molecule has 3 N–H and O–H groups in total. The fourth-order valence-corrected chi connectivity index (χ4v) is 4.39. The second kappa shape index (κ2) is 11.4. The van der Waals surface area contributed by atoms with Gasteiger partial charge in [-0.1, -0.05) is 27.7 Å². The van der Waals surface area contributed by atoms with E-state index in [4.69, 9.17) is 4.74 Å². The average molecular weight is 480 g/mol. The van der Waals surface area contributed by atoms with Gasteiger partial charge in [0.2, 0.25) is 11.8 Å². The molecule has 3 amide bonds. The van der Waals surface area contributed by atoms with Gasteiger partial charge in [0.05, 0.1) is 6.04 Å². The van der Waals surface area contributed by atoms with E-state index < -0.39 is 54.2 Å². The second-order valence-corrected chi connectivity index (χ2v) is 9.63. The van der Waals surface area contributed by atoms with Crippen LogP contribution in [0.4, 0.5) is 18.0 Å². The van der Waals surface area contributed by atoms with E-state index in [0.717, 1.165) is 25.7 Å². The Morgan fingerprint density at radius 2 is 1.58 bits per heavy atom. The number of nitrogens with zero attached hydrogens (tertiary/aromatic N) is 1. The number of alkyl carbamates (subject to hydrolysis) is 1. The summed E-state index contributed by atoms with van der Waals surface area (Å²) in [5.41, 5.74) is 0. The molecule has 11 heteroatoms. The first-order valence-electron chi connectivity index (χ1n) is 11.7. The van der Waals surface area contributed by atoms with Gasteiger partial charge in [0, 0.05) is 6.54 Å². The van der Waals surface area contributed by atoms with Gasteiger partial charge in [-0.25, -0.2) is 4.79 Å². The van der Waals surface area contributed by atoms with Crippen molar-refractivity contribution in [3.8, 4) is 0 Å². The first-order chi connectivity index (χ1) is 15.3. The molecule has 1 saturated carbocycles. The van der Waals surface area contributed by atoms with Crippen LogP contribution in [-0.2, 0) is 14.3 Å². The van der Waals surface area contributed by atoms with Crippen molar-refractivity contribution in [3.05, 3.63) is 0 Å². The van der Waals surface area contributed by atoms with E-state index >= 15 is 0 Å². The highest BCUT2D eigenvalue weighted by atomic mass is 19.4. The maximum atomic E-state index is 13.2. The van der Waals surface area contributed by atoms with Crippen LogP contribution in [0.25, 0.3) is 0 Å². The lowest BCUT2D eigenvalue weighted by Crippen LogP contribution is -2.59. The molecule has 0 aromatic heterocycles. The van der Waals surface area contributed by atoms with Crippen molar-refractivity contribution in [1.29, 1.82) is 0 Å². The van der Waals surface area contributed by atoms with Gasteiger partial charge >= 0.3 is 12.3 Å². The fraction of sp³-hybridized carbons (Fsp3) is 0.864. The summed E-state index contributed by atoms with van der Waals surface area (Å²) in [6.07, 6.45) is -4.18. The van der Waals surface area contributed by atoms with Crippen molar-refractivity contribution < 1.29 is 37.4 Å². The van der Waals surface area contributed by atoms with E-state index in [2.05, 4.69) is 10.6 Å². The zero-order valence-corrected chi connectivity index (χ0v) is 19.7. The van der Waals surface area contributed by atoms with E-state index in [1.54, 1.807) is 13.8 Å². The van der Waals surface area contributed by atoms with Crippen molar-refractivity contribution in [3.63, 3.8) is 0 Å². The summed E-state index contributed by atoms with van der Waals surface area (Å²) in [6, 6.07) is -3.46. The lowest BCUT2D eigenvalue weighted by Gasteiger charge is -2.33. The summed E-state index contributed by atoms with van der Waals surface area (Å²) >= 11 is 0. The van der Waals surface area contributed by atoms with Crippen LogP contribution in [0.15, 0.2) is 0 Å². The minimum Gasteiger partial charge on any atom is -0.446 e. The molecule has 0 aromatic rings. The van der Waals surface area contributed by atoms with E-state index in [1.807, 2.05) is 0 Å². The molecule has 0 spiro atoms. The molecule has 33 heavy (non-hydrogen) atoms. The smallest absolute Gasteiger partial charge is 0.416 e. The van der Waals surface area contributed by atoms with Crippen LogP contribution in [-0.4, -0.2) is 71.0 Å². The fourth-order valence-electron chi connectivity index (χ4n) is 4.39. The van der Waals surface area contributed by atoms with E-state index in [0.29, 0.717) is 6.42 Å². The number of nitrogens with one attached hydrogen (secondary N) is 2. The van der Waals surface area contributed by atoms with E-state index in [1.165, 1.54) is 18.7 Å². The molecule has 2 rings (SSSR count). The number of aliphatic hydroxyl groups is 1. The van der Waals surface area contributed by atoms with Crippen LogP contribution in [0.3, 0.4) is 0 Å². The third kappa shape index (κ3) is 7.22. The Morgan fingerprint density at radius 1 is 0.970 bits per heavy atom. The lowest BCUT2D eigenvalue weighted by molar-refractivity contribution is -0.215. The van der Waals surface area contributed by atoms with E-state index in [9.17, 15) is 32.7 Å². The molecular weight excluding hydrogens is 443 g/mol. The number of aliphatic hydroxyl groups excluding tert-OH is 1. The number of carbonyl (C=O) groups excluding carboxylic acids is 3. The van der Waals surface area contributed by atoms with Crippen LogP contribution in [0, 0.1) is 11.8 Å². The average Bonchev–Trinajstić information content (AvgIpc) is 3.39. The topological polar surface area (TPSA) is 108 Å². The third-order valence-corrected chi connectivity index (χ3v) is 6.32. The summed E-state index contributed by atoms with van der Waals surface area (Å²) < 4.78 is 44.5. The minimum atomic E-state index is -4.89. The molecule has 0 aromatic carbocycles. The minimum absolute atomic E-state index is 0.175. The number of likely N-dealkylation sites (tertiary alicyclic amines) is 1. The van der Waals surface area contributed by atoms with Gasteiger partial charge in [-0.05, 0) is 50.4 Å². The molecule has 4 atom stereocenters. The van der Waals surface area contributed by atoms with Crippen molar-refractivity contribution in [2.45, 2.75) is 103 Å². The number of ether oxygens (including phenoxy) is 1. The lowest BCUT2D eigenvalue weighted by atomic mass is 9.97. The zero-order chi connectivity index (χ0) is 24.9. The standard InChI is InChI=1S/C22H36F3N3O5/c1-12(2)16(18(29)22(23,24)25)26-19(30)15-10-7-11-28(15)20(31)17(13(3)4)27-21(32)33-14-8-5-6-9-14/h12-18,29H,5-11H2,1-4H3,(H,26,30)(H,27,32)/t15-,16?,17-,18?/m0/s1. The molecule has 1 saturated heterocycles. The number of hydrogen-bond acceptors (Lipinski definition) is 5. The third-order valence-electron chi connectivity index (χ3n) is 6.32. The highest BCUT2D eigenvalue weighted by Gasteiger charge is 2.47. The predicted octanol–water partition coefficient (Wildman–Crippen LogP) is 2.73. The molecular formula is C22H36F3N3O5. The Morgan fingerprint density at radius 3 is 2.09 bits per heavy atom. The van der Waals surface area contributed by atoms with Crippen LogP contribution in [0.1, 0.15) is 66.2 Å². The quantitative estimate of drug-likeness (QED) is 0.496. The van der Waals surface area contributed by atoms with Crippen molar-refractivity contribution in [2.24, 2.45) is 11.8 Å². The van der Waals surface area contributed by atoms with Crippen LogP contribution in [0.5, 0.6) is 0 Å². The first-order valence-corrected chi connectivity index (χ1v) is 11.7. The number of carbonyl (C=O) groups is 3. The van der Waals surface area contributed by atoms with Gasteiger partial charge in [-0.15, -0.1) is 0 Å². The number of rotatable bonds is 8. The molecule has 1 heterocycles. The Kier molecular flexibility index (Phi) is 9.39. The largest absolute Gasteiger partial charge is 0.446 e. The van der Waals surface area contributed by atoms with Gasteiger partial charge in [0.25, 0.3) is 0 Å². The molecule has 1 aliphatic heterocycles. The monoisotopic (exact) mass is 479 g/mol. The van der Waals surface area contributed by atoms with Gasteiger partial charge in [0.15, 0.2) is 6.10 Å². The van der Waals surface area contributed by atoms with Crippen molar-refractivity contribution in [1.82, 2.24) is 15.5 Å². The van der Waals surface area contributed by atoms with Crippen molar-refractivity contribution in [2.75, 3.05) is 6.54 Å². The molecule has 8 nitrogen and oxygen atoms in total. The Hall–Kier alpha value is -2.04. The first kappa shape index (κ1) is 27.2. The molecule has 190 valence electrons. The van der Waals surface area contributed by atoms with Gasteiger partial charge in [-0.2, -0.15) is 13.2 Å². The molecule has 0 bridgehead atoms. The maximum Gasteiger partial charge on any atom is 0.416 e. The number of alkyl halides is 3. The molecule has 2 aliphatic rings. The Balaban J connectivity index is 2.07. The summed E-state index contributed by atoms with van der Waals surface area (Å²) in [4.78, 5) is 39.7. The summed E-state index contributed by atoms with van der Waals surface area (Å²) in [5, 5.41) is 14.6. The van der Waals surface area contributed by atoms with Crippen LogP contribution in [0.2, 0.25) is 0 Å². The predicted molar refractivity (Wildman–Crippen MR) is 114 cm³/mol. The normalized spacial score (nSPS) is 22.4. The summed E-state index contributed by atoms with van der Waals surface area (Å²) in [6.45, 7) is 6.67. The van der Waals surface area contributed by atoms with Crippen LogP contribution >= 0.6 is 0 Å². The van der Waals surface area contributed by atoms with Gasteiger partial charge in [0.1, 0.15) is 18.2 Å². The summed E-state index contributed by atoms with van der Waals surface area (Å²) in [7, 11) is 0. The van der Waals surface area contributed by atoms with Crippen LogP contribution < -0.4 is 10.6 Å². The Labute approximate surface area is 192 Å². The SMILES string of the molecule is CC(C)C(NC(=O)[C@@H]1CCCN1C(=O)[C@@H](NC(=O)OC1CCCC1)C(C)C)C(O)C(F)(F)F. The number of amides is 3. The molecule has 0 radical (unpaired) electrons. The highest BCUT2D eigenvalue weighted by Crippen LogP contribution is 2.27. The molecule has 2 fully saturated rings. The zero-order valence-electron chi connectivity index (χ0n) is 19.7. The Bertz CT molecular complexity index is 695. The highest BCUT2D eigenvalue weighted by molar-refractivity contribution is 5.92. The second-order valence-electron chi connectivity index (χ2n) is 9.63. The summed E-state index contributed by atoms with van der Waals surface area (Å²) in [5.74, 6) is -2.22. The van der Waals surface area contributed by atoms with Gasteiger partial charge in [-0.3, -0.25) is 9.59 Å². The van der Waals surface area contributed by atoms with Crippen molar-refractivity contribution >= 4 is 17.9 Å². The maximum absolute atomic E-state index is 13.2. The molecule has 2 unspecified atom stereocenters. The van der Waals surface area contributed by atoms with Gasteiger partial charge < -0.3 is 25.4 Å².